The molecular formula is C7H13NO3. The second kappa shape index (κ2) is 7.24. The van der Waals surface area contributed by atoms with Crippen LogP contribution in [0.2, 0.25) is 0 Å². The summed E-state index contributed by atoms with van der Waals surface area (Å²) in [6.45, 7) is 4.09. The first-order chi connectivity index (χ1) is 5.31. The van der Waals surface area contributed by atoms with Crippen LogP contribution in [0, 0.1) is 0 Å². The first-order valence-electron chi connectivity index (χ1n) is 3.25. The van der Waals surface area contributed by atoms with Crippen LogP contribution in [0.5, 0.6) is 0 Å². The number of carbonyl (C=O) groups is 1. The molecule has 0 rings (SSSR count). The van der Waals surface area contributed by atoms with Gasteiger partial charge in [-0.2, -0.15) is 0 Å². The highest BCUT2D eigenvalue weighted by atomic mass is 16.7. The van der Waals surface area contributed by atoms with Gasteiger partial charge in [-0.15, -0.1) is 6.58 Å². The molecule has 0 bridgehead atoms. The highest BCUT2D eigenvalue weighted by Gasteiger charge is 1.96. The monoisotopic (exact) mass is 159 g/mol. The lowest BCUT2D eigenvalue weighted by Crippen LogP contribution is -2.27. The van der Waals surface area contributed by atoms with Gasteiger partial charge in [-0.1, -0.05) is 6.08 Å². The van der Waals surface area contributed by atoms with Crippen molar-refractivity contribution in [1.29, 1.82) is 0 Å². The zero-order chi connectivity index (χ0) is 8.53. The van der Waals surface area contributed by atoms with E-state index in [0.717, 1.165) is 0 Å². The van der Waals surface area contributed by atoms with Crippen LogP contribution < -0.4 is 5.32 Å². The fourth-order valence-corrected chi connectivity index (χ4v) is 0.455. The lowest BCUT2D eigenvalue weighted by atomic mass is 10.5. The summed E-state index contributed by atoms with van der Waals surface area (Å²) >= 11 is 0. The number of hydrogen-bond acceptors (Lipinski definition) is 3. The Hall–Kier alpha value is -0.870. The zero-order valence-electron chi connectivity index (χ0n) is 6.63. The van der Waals surface area contributed by atoms with E-state index in [-0.39, 0.29) is 19.3 Å². The molecule has 0 aromatic heterocycles. The van der Waals surface area contributed by atoms with E-state index in [1.807, 2.05) is 0 Å². The number of ether oxygens (including phenoxy) is 2. The molecule has 0 heterocycles. The Morgan fingerprint density at radius 2 is 2.45 bits per heavy atom. The van der Waals surface area contributed by atoms with Crippen molar-refractivity contribution >= 4 is 5.91 Å². The number of hydrogen-bond donors (Lipinski definition) is 1. The maximum atomic E-state index is 10.7. The number of nitrogens with one attached hydrogen (secondary N) is 1. The number of methoxy groups -OCH3 is 1. The summed E-state index contributed by atoms with van der Waals surface area (Å²) in [5.41, 5.74) is 0. The van der Waals surface area contributed by atoms with Crippen LogP contribution in [0.25, 0.3) is 0 Å². The summed E-state index contributed by atoms with van der Waals surface area (Å²) in [6, 6.07) is 0. The molecule has 0 unspecified atom stereocenters. The largest absolute Gasteiger partial charge is 0.359 e. The first kappa shape index (κ1) is 10.1. The molecule has 11 heavy (non-hydrogen) atoms. The van der Waals surface area contributed by atoms with Crippen molar-refractivity contribution in [3.05, 3.63) is 12.7 Å². The Bertz CT molecular complexity index is 125. The number of rotatable bonds is 6. The van der Waals surface area contributed by atoms with Gasteiger partial charge in [0.2, 0.25) is 5.91 Å². The summed E-state index contributed by atoms with van der Waals surface area (Å²) < 4.78 is 9.35. The average molecular weight is 159 g/mol. The zero-order valence-corrected chi connectivity index (χ0v) is 6.63. The highest BCUT2D eigenvalue weighted by molar-refractivity contribution is 5.77. The van der Waals surface area contributed by atoms with E-state index in [0.29, 0.717) is 6.54 Å². The predicted octanol–water partition coefficient (Wildman–Crippen LogP) is -0.0909. The van der Waals surface area contributed by atoms with Gasteiger partial charge >= 0.3 is 0 Å². The van der Waals surface area contributed by atoms with Gasteiger partial charge in [0.1, 0.15) is 13.4 Å². The van der Waals surface area contributed by atoms with Gasteiger partial charge in [-0.25, -0.2) is 0 Å². The van der Waals surface area contributed by atoms with Crippen molar-refractivity contribution in [3.63, 3.8) is 0 Å². The molecule has 0 saturated carbocycles. The highest BCUT2D eigenvalue weighted by Crippen LogP contribution is 1.75. The van der Waals surface area contributed by atoms with Gasteiger partial charge in [0.05, 0.1) is 0 Å². The van der Waals surface area contributed by atoms with E-state index in [4.69, 9.17) is 4.74 Å². The van der Waals surface area contributed by atoms with Gasteiger partial charge in [-0.3, -0.25) is 4.79 Å². The van der Waals surface area contributed by atoms with Crippen molar-refractivity contribution in [2.75, 3.05) is 27.1 Å². The molecule has 0 aromatic rings. The Kier molecular flexibility index (Phi) is 6.67. The van der Waals surface area contributed by atoms with Gasteiger partial charge in [0, 0.05) is 13.7 Å². The summed E-state index contributed by atoms with van der Waals surface area (Å²) in [6.07, 6.45) is 1.61. The molecule has 0 aliphatic carbocycles. The van der Waals surface area contributed by atoms with Gasteiger partial charge in [-0.05, 0) is 0 Å². The molecule has 64 valence electrons. The third kappa shape index (κ3) is 7.02. The quantitative estimate of drug-likeness (QED) is 0.335. The molecule has 0 atom stereocenters. The fourth-order valence-electron chi connectivity index (χ4n) is 0.455. The summed E-state index contributed by atoms with van der Waals surface area (Å²) in [4.78, 5) is 10.7. The molecule has 4 heteroatoms. The van der Waals surface area contributed by atoms with Gasteiger partial charge in [0.15, 0.2) is 0 Å². The van der Waals surface area contributed by atoms with E-state index in [1.54, 1.807) is 6.08 Å². The Morgan fingerprint density at radius 1 is 1.73 bits per heavy atom. The Labute approximate surface area is 66.2 Å². The lowest BCUT2D eigenvalue weighted by Gasteiger charge is -2.02. The summed E-state index contributed by atoms with van der Waals surface area (Å²) in [7, 11) is 1.50. The van der Waals surface area contributed by atoms with Crippen molar-refractivity contribution in [2.45, 2.75) is 0 Å². The normalized spacial score (nSPS) is 9.18. The van der Waals surface area contributed by atoms with Gasteiger partial charge < -0.3 is 14.8 Å². The SMILES string of the molecule is C=CCNC(=O)COCOC. The summed E-state index contributed by atoms with van der Waals surface area (Å²) in [5, 5.41) is 2.55. The van der Waals surface area contributed by atoms with E-state index in [1.165, 1.54) is 7.11 Å². The molecule has 0 spiro atoms. The second-order valence-corrected chi connectivity index (χ2v) is 1.85. The van der Waals surface area contributed by atoms with Crippen molar-refractivity contribution in [3.8, 4) is 0 Å². The smallest absolute Gasteiger partial charge is 0.246 e. The molecule has 1 N–H and O–H groups in total. The molecule has 1 amide bonds. The minimum Gasteiger partial charge on any atom is -0.359 e. The number of amides is 1. The standard InChI is InChI=1S/C7H13NO3/c1-3-4-8-7(9)5-11-6-10-2/h3H,1,4-6H2,2H3,(H,8,9). The first-order valence-corrected chi connectivity index (χ1v) is 3.25. The van der Waals surface area contributed by atoms with Crippen molar-refractivity contribution < 1.29 is 14.3 Å². The molecule has 0 aliphatic rings. The molecule has 0 saturated heterocycles. The minimum absolute atomic E-state index is 0.0294. The molecule has 0 aliphatic heterocycles. The number of carbonyl (C=O) groups excluding carboxylic acids is 1. The predicted molar refractivity (Wildman–Crippen MR) is 41.0 cm³/mol. The fraction of sp³-hybridized carbons (Fsp3) is 0.571. The Morgan fingerprint density at radius 3 is 3.00 bits per heavy atom. The van der Waals surface area contributed by atoms with E-state index < -0.39 is 0 Å². The molecule has 0 aromatic carbocycles. The molecular weight excluding hydrogens is 146 g/mol. The van der Waals surface area contributed by atoms with Crippen molar-refractivity contribution in [2.24, 2.45) is 0 Å². The van der Waals surface area contributed by atoms with Gasteiger partial charge in [0.25, 0.3) is 0 Å². The maximum Gasteiger partial charge on any atom is 0.246 e. The summed E-state index contributed by atoms with van der Waals surface area (Å²) in [5.74, 6) is -0.165. The third-order valence-electron chi connectivity index (χ3n) is 0.878. The average Bonchev–Trinajstić information content (AvgIpc) is 2.01. The molecule has 4 nitrogen and oxygen atoms in total. The third-order valence-corrected chi connectivity index (χ3v) is 0.878. The van der Waals surface area contributed by atoms with Crippen LogP contribution in [0.15, 0.2) is 12.7 Å². The lowest BCUT2D eigenvalue weighted by molar-refractivity contribution is -0.130. The maximum absolute atomic E-state index is 10.7. The van der Waals surface area contributed by atoms with E-state index >= 15 is 0 Å². The van der Waals surface area contributed by atoms with E-state index in [9.17, 15) is 4.79 Å². The van der Waals surface area contributed by atoms with Crippen LogP contribution in [-0.4, -0.2) is 33.0 Å². The van der Waals surface area contributed by atoms with Crippen LogP contribution in [0.4, 0.5) is 0 Å². The Balaban J connectivity index is 3.15. The molecule has 0 radical (unpaired) electrons. The van der Waals surface area contributed by atoms with Crippen LogP contribution in [0.3, 0.4) is 0 Å². The van der Waals surface area contributed by atoms with Crippen LogP contribution in [0.1, 0.15) is 0 Å². The van der Waals surface area contributed by atoms with E-state index in [2.05, 4.69) is 16.6 Å². The second-order valence-electron chi connectivity index (χ2n) is 1.85. The minimum atomic E-state index is -0.165. The van der Waals surface area contributed by atoms with Crippen LogP contribution in [-0.2, 0) is 14.3 Å². The van der Waals surface area contributed by atoms with Crippen molar-refractivity contribution in [1.82, 2.24) is 5.32 Å². The van der Waals surface area contributed by atoms with Crippen LogP contribution >= 0.6 is 0 Å². The topological polar surface area (TPSA) is 47.6 Å². The molecule has 0 fully saturated rings.